The van der Waals surface area contributed by atoms with E-state index in [1.54, 1.807) is 12.2 Å². The lowest BCUT2D eigenvalue weighted by Crippen LogP contribution is -2.16. The predicted octanol–water partition coefficient (Wildman–Crippen LogP) is 4.11. The van der Waals surface area contributed by atoms with Crippen molar-refractivity contribution in [2.75, 3.05) is 6.61 Å². The average molecular weight is 358 g/mol. The van der Waals surface area contributed by atoms with Gasteiger partial charge in [-0.2, -0.15) is 0 Å². The first-order valence-electron chi connectivity index (χ1n) is 8.49. The normalized spacial score (nSPS) is 13.6. The molecule has 0 saturated heterocycles. The quantitative estimate of drug-likeness (QED) is 0.495. The number of carboxylic acid groups (broad SMARTS) is 1. The molecule has 0 spiro atoms. The topological polar surface area (TPSA) is 66.8 Å². The van der Waals surface area contributed by atoms with E-state index in [0.717, 1.165) is 5.56 Å². The van der Waals surface area contributed by atoms with Crippen LogP contribution in [-0.4, -0.2) is 22.8 Å². The highest BCUT2D eigenvalue weighted by molar-refractivity contribution is 5.70. The van der Waals surface area contributed by atoms with Crippen LogP contribution in [-0.2, 0) is 16.1 Å². The predicted molar refractivity (Wildman–Crippen MR) is 97.0 cm³/mol. The fourth-order valence-electron chi connectivity index (χ4n) is 2.54. The molecule has 2 rings (SSSR count). The molecule has 2 atom stereocenters. The van der Waals surface area contributed by atoms with Crippen LogP contribution in [0, 0.1) is 11.7 Å². The molecule has 2 aromatic rings. The summed E-state index contributed by atoms with van der Waals surface area (Å²) in [5, 5.41) is 19.5. The summed E-state index contributed by atoms with van der Waals surface area (Å²) in [6.07, 6.45) is 2.95. The number of aliphatic hydroxyl groups excluding tert-OH is 1. The molecule has 0 aliphatic carbocycles. The molecular weight excluding hydrogens is 335 g/mol. The Kier molecular flexibility index (Phi) is 7.99. The maximum atomic E-state index is 12.9. The molecule has 0 bridgehead atoms. The van der Waals surface area contributed by atoms with Gasteiger partial charge in [0.05, 0.1) is 25.2 Å². The zero-order valence-corrected chi connectivity index (χ0v) is 14.4. The highest BCUT2D eigenvalue weighted by Crippen LogP contribution is 2.24. The lowest BCUT2D eigenvalue weighted by molar-refractivity contribution is -0.142. The summed E-state index contributed by atoms with van der Waals surface area (Å²) < 4.78 is 18.4. The van der Waals surface area contributed by atoms with Gasteiger partial charge in [-0.15, -0.1) is 0 Å². The van der Waals surface area contributed by atoms with Crippen LogP contribution >= 0.6 is 0 Å². The van der Waals surface area contributed by atoms with Gasteiger partial charge in [-0.1, -0.05) is 54.6 Å². The minimum absolute atomic E-state index is 0.0657. The molecule has 2 N–H and O–H groups in total. The molecule has 0 aromatic heterocycles. The van der Waals surface area contributed by atoms with Gasteiger partial charge >= 0.3 is 5.97 Å². The zero-order valence-electron chi connectivity index (χ0n) is 14.4. The van der Waals surface area contributed by atoms with Gasteiger partial charge in [-0.3, -0.25) is 4.79 Å². The van der Waals surface area contributed by atoms with E-state index in [4.69, 9.17) is 4.74 Å². The summed E-state index contributed by atoms with van der Waals surface area (Å²) in [7, 11) is 0. The first kappa shape index (κ1) is 19.8. The first-order chi connectivity index (χ1) is 12.6. The van der Waals surface area contributed by atoms with Crippen LogP contribution in [0.2, 0.25) is 0 Å². The van der Waals surface area contributed by atoms with Gasteiger partial charge in [0.2, 0.25) is 0 Å². The van der Waals surface area contributed by atoms with Crippen molar-refractivity contribution in [1.29, 1.82) is 0 Å². The van der Waals surface area contributed by atoms with Gasteiger partial charge in [-0.05, 0) is 36.1 Å². The second-order valence-electron chi connectivity index (χ2n) is 6.05. The second kappa shape index (κ2) is 10.5. The van der Waals surface area contributed by atoms with Gasteiger partial charge in [0.15, 0.2) is 0 Å². The molecule has 0 heterocycles. The Morgan fingerprint density at radius 1 is 1.08 bits per heavy atom. The van der Waals surface area contributed by atoms with E-state index in [0.29, 0.717) is 25.2 Å². The summed E-state index contributed by atoms with van der Waals surface area (Å²) in [5.41, 5.74) is 1.58. The molecule has 2 aromatic carbocycles. The fourth-order valence-corrected chi connectivity index (χ4v) is 2.54. The number of allylic oxidation sites excluding steroid dienone is 1. The van der Waals surface area contributed by atoms with E-state index in [9.17, 15) is 19.4 Å². The maximum Gasteiger partial charge on any atom is 0.306 e. The number of benzene rings is 2. The Labute approximate surface area is 152 Å². The summed E-state index contributed by atoms with van der Waals surface area (Å²) in [6, 6.07) is 15.2. The van der Waals surface area contributed by atoms with Gasteiger partial charge in [0.25, 0.3) is 0 Å². The number of aliphatic hydroxyl groups is 1. The largest absolute Gasteiger partial charge is 0.481 e. The monoisotopic (exact) mass is 358 g/mol. The van der Waals surface area contributed by atoms with E-state index in [1.165, 1.54) is 24.3 Å². The SMILES string of the molecule is O=C(O)[C@@H](CC=CCOCc1ccccc1)C[C@@H](O)c1ccc(F)cc1. The number of ether oxygens (including phenoxy) is 1. The van der Waals surface area contributed by atoms with Crippen LogP contribution in [0.15, 0.2) is 66.7 Å². The lowest BCUT2D eigenvalue weighted by Gasteiger charge is -2.16. The molecule has 0 radical (unpaired) electrons. The Bertz CT molecular complexity index is 698. The van der Waals surface area contributed by atoms with E-state index < -0.39 is 23.8 Å². The molecular formula is C21H23FO4. The number of carboxylic acids is 1. The summed E-state index contributed by atoms with van der Waals surface area (Å²) in [6.45, 7) is 0.887. The third-order valence-corrected chi connectivity index (χ3v) is 4.02. The Morgan fingerprint density at radius 2 is 1.77 bits per heavy atom. The number of halogens is 1. The van der Waals surface area contributed by atoms with Crippen LogP contribution in [0.25, 0.3) is 0 Å². The van der Waals surface area contributed by atoms with E-state index in [2.05, 4.69) is 0 Å². The van der Waals surface area contributed by atoms with E-state index in [-0.39, 0.29) is 6.42 Å². The van der Waals surface area contributed by atoms with Gasteiger partial charge in [0, 0.05) is 0 Å². The zero-order chi connectivity index (χ0) is 18.8. The van der Waals surface area contributed by atoms with Gasteiger partial charge in [-0.25, -0.2) is 4.39 Å². The number of carbonyl (C=O) groups is 1. The minimum Gasteiger partial charge on any atom is -0.481 e. The Hall–Kier alpha value is -2.50. The van der Waals surface area contributed by atoms with E-state index in [1.807, 2.05) is 30.3 Å². The molecule has 0 fully saturated rings. The lowest BCUT2D eigenvalue weighted by atomic mass is 9.94. The molecule has 0 aliphatic rings. The molecule has 26 heavy (non-hydrogen) atoms. The maximum absolute atomic E-state index is 12.9. The first-order valence-corrected chi connectivity index (χ1v) is 8.49. The van der Waals surface area contributed by atoms with Crippen molar-refractivity contribution >= 4 is 5.97 Å². The molecule has 0 unspecified atom stereocenters. The fraction of sp³-hybridized carbons (Fsp3) is 0.286. The summed E-state index contributed by atoms with van der Waals surface area (Å²) in [4.78, 5) is 11.4. The number of hydrogen-bond acceptors (Lipinski definition) is 3. The Morgan fingerprint density at radius 3 is 2.42 bits per heavy atom. The third-order valence-electron chi connectivity index (χ3n) is 4.02. The van der Waals surface area contributed by atoms with Crippen molar-refractivity contribution in [2.45, 2.75) is 25.6 Å². The molecule has 138 valence electrons. The van der Waals surface area contributed by atoms with Crippen molar-refractivity contribution in [3.8, 4) is 0 Å². The second-order valence-corrected chi connectivity index (χ2v) is 6.05. The smallest absolute Gasteiger partial charge is 0.306 e. The summed E-state index contributed by atoms with van der Waals surface area (Å²) in [5.74, 6) is -2.09. The minimum atomic E-state index is -0.971. The van der Waals surface area contributed by atoms with Gasteiger partial charge in [0.1, 0.15) is 5.82 Å². The van der Waals surface area contributed by atoms with Gasteiger partial charge < -0.3 is 14.9 Å². The van der Waals surface area contributed by atoms with Crippen LogP contribution in [0.3, 0.4) is 0 Å². The van der Waals surface area contributed by atoms with Crippen LogP contribution in [0.1, 0.15) is 30.1 Å². The van der Waals surface area contributed by atoms with Crippen molar-refractivity contribution in [1.82, 2.24) is 0 Å². The molecule has 0 saturated carbocycles. The van der Waals surface area contributed by atoms with Crippen molar-refractivity contribution in [3.63, 3.8) is 0 Å². The molecule has 0 amide bonds. The number of hydrogen-bond donors (Lipinski definition) is 2. The molecule has 0 aliphatic heterocycles. The average Bonchev–Trinajstić information content (AvgIpc) is 2.64. The number of rotatable bonds is 10. The highest BCUT2D eigenvalue weighted by atomic mass is 19.1. The van der Waals surface area contributed by atoms with Crippen molar-refractivity contribution in [2.24, 2.45) is 5.92 Å². The van der Waals surface area contributed by atoms with Crippen molar-refractivity contribution < 1.29 is 24.1 Å². The molecule has 4 nitrogen and oxygen atoms in total. The Balaban J connectivity index is 1.76. The van der Waals surface area contributed by atoms with Crippen LogP contribution < -0.4 is 0 Å². The highest BCUT2D eigenvalue weighted by Gasteiger charge is 2.21. The van der Waals surface area contributed by atoms with Crippen LogP contribution in [0.4, 0.5) is 4.39 Å². The number of aliphatic carboxylic acids is 1. The third kappa shape index (κ3) is 6.78. The summed E-state index contributed by atoms with van der Waals surface area (Å²) >= 11 is 0. The van der Waals surface area contributed by atoms with Crippen LogP contribution in [0.5, 0.6) is 0 Å². The van der Waals surface area contributed by atoms with Crippen molar-refractivity contribution in [3.05, 3.63) is 83.7 Å². The molecule has 5 heteroatoms. The standard InChI is InChI=1S/C21H23FO4/c22-19-11-9-17(10-12-19)20(23)14-18(21(24)25)8-4-5-13-26-15-16-6-2-1-3-7-16/h1-7,9-12,18,20,23H,8,13-15H2,(H,24,25)/t18-,20+/m0/s1. The van der Waals surface area contributed by atoms with E-state index >= 15 is 0 Å².